The summed E-state index contributed by atoms with van der Waals surface area (Å²) >= 11 is 0. The van der Waals surface area contributed by atoms with Crippen LogP contribution in [0.4, 0.5) is 0 Å². The van der Waals surface area contributed by atoms with Crippen molar-refractivity contribution in [2.24, 2.45) is 28.9 Å². The van der Waals surface area contributed by atoms with E-state index in [0.717, 1.165) is 38.5 Å². The maximum absolute atomic E-state index is 13.4. The number of nitrogens with one attached hydrogen (secondary N) is 1. The minimum atomic E-state index is -3.80. The molecule has 6 N–H and O–H groups in total. The van der Waals surface area contributed by atoms with Crippen molar-refractivity contribution in [2.75, 3.05) is 7.11 Å². The molecule has 0 aliphatic heterocycles. The van der Waals surface area contributed by atoms with Crippen molar-refractivity contribution in [1.82, 2.24) is 5.32 Å². The SMILES string of the molecule is COC1CCC(NC(=O)CCC(O)C(O)CCC(=O)OC2CCC3C4CCc5cc(OP(=O)(OC(C)C)OC(C)C)ccc5C4CCC23C)C(O)C1C(N)=O. The Balaban J connectivity index is 1.08. The number of fused-ring (bicyclic) bond motifs is 5. The van der Waals surface area contributed by atoms with Crippen LogP contribution in [0.25, 0.3) is 0 Å². The van der Waals surface area contributed by atoms with Gasteiger partial charge in [0.2, 0.25) is 11.8 Å². The summed E-state index contributed by atoms with van der Waals surface area (Å²) in [6, 6.07) is 5.24. The van der Waals surface area contributed by atoms with Gasteiger partial charge in [-0.2, -0.15) is 0 Å². The molecular weight excluding hydrogens is 731 g/mol. The molecule has 1 aromatic rings. The first-order valence-electron chi connectivity index (χ1n) is 20.1. The van der Waals surface area contributed by atoms with Gasteiger partial charge in [-0.05, 0) is 133 Å². The number of phosphoric acid groups is 1. The number of rotatable bonds is 17. The van der Waals surface area contributed by atoms with E-state index in [-0.39, 0.29) is 49.4 Å². The predicted octanol–water partition coefficient (Wildman–Crippen LogP) is 4.83. The van der Waals surface area contributed by atoms with Crippen molar-refractivity contribution in [1.29, 1.82) is 0 Å². The van der Waals surface area contributed by atoms with Gasteiger partial charge < -0.3 is 40.4 Å². The average Bonchev–Trinajstić information content (AvgIpc) is 3.44. The molecule has 4 aliphatic rings. The van der Waals surface area contributed by atoms with Crippen LogP contribution in [0.2, 0.25) is 0 Å². The third-order valence-corrected chi connectivity index (χ3v) is 14.3. The number of aliphatic hydroxyl groups excluding tert-OH is 3. The highest BCUT2D eigenvalue weighted by atomic mass is 31.2. The first-order valence-corrected chi connectivity index (χ1v) is 21.5. The van der Waals surface area contributed by atoms with E-state index in [4.69, 9.17) is 28.8 Å². The fraction of sp³-hybridized carbons (Fsp3) is 0.775. The second-order valence-corrected chi connectivity index (χ2v) is 18.4. The average molecular weight is 795 g/mol. The van der Waals surface area contributed by atoms with Gasteiger partial charge in [0.15, 0.2) is 0 Å². The highest BCUT2D eigenvalue weighted by Gasteiger charge is 2.56. The molecule has 2 amide bonds. The van der Waals surface area contributed by atoms with E-state index < -0.39 is 62.0 Å². The molecule has 5 rings (SSSR count). The highest BCUT2D eigenvalue weighted by molar-refractivity contribution is 7.49. The number of primary amides is 1. The lowest BCUT2D eigenvalue weighted by atomic mass is 9.55. The Morgan fingerprint density at radius 2 is 1.64 bits per heavy atom. The predicted molar refractivity (Wildman–Crippen MR) is 203 cm³/mol. The van der Waals surface area contributed by atoms with Gasteiger partial charge in [-0.25, -0.2) is 4.57 Å². The first-order chi connectivity index (χ1) is 25.9. The van der Waals surface area contributed by atoms with E-state index in [2.05, 4.69) is 18.3 Å². The van der Waals surface area contributed by atoms with Crippen LogP contribution in [0, 0.1) is 23.2 Å². The second kappa shape index (κ2) is 18.3. The molecule has 1 aromatic carbocycles. The number of amides is 2. The normalized spacial score (nSPS) is 31.5. The lowest BCUT2D eigenvalue weighted by molar-refractivity contribution is -0.158. The monoisotopic (exact) mass is 794 g/mol. The molecular formula is C40H63N2O12P. The smallest absolute Gasteiger partial charge is 0.462 e. The molecule has 3 saturated carbocycles. The molecule has 310 valence electrons. The van der Waals surface area contributed by atoms with Crippen LogP contribution in [0.15, 0.2) is 18.2 Å². The molecule has 14 nitrogen and oxygen atoms in total. The molecule has 15 heteroatoms. The molecule has 3 fully saturated rings. The summed E-state index contributed by atoms with van der Waals surface area (Å²) in [5.74, 6) is -0.827. The first kappa shape index (κ1) is 43.5. The fourth-order valence-electron chi connectivity index (χ4n) is 9.84. The van der Waals surface area contributed by atoms with Crippen LogP contribution in [0.5, 0.6) is 5.75 Å². The van der Waals surface area contributed by atoms with Crippen molar-refractivity contribution in [3.05, 3.63) is 29.3 Å². The zero-order valence-corrected chi connectivity index (χ0v) is 34.1. The summed E-state index contributed by atoms with van der Waals surface area (Å²) in [5, 5.41) is 34.5. The van der Waals surface area contributed by atoms with Crippen molar-refractivity contribution in [2.45, 2.75) is 166 Å². The number of carbonyl (C=O) groups excluding carboxylic acids is 3. The number of aliphatic hydroxyl groups is 3. The van der Waals surface area contributed by atoms with Crippen LogP contribution < -0.4 is 15.6 Å². The Morgan fingerprint density at radius 1 is 0.964 bits per heavy atom. The van der Waals surface area contributed by atoms with Gasteiger partial charge in [0.05, 0.1) is 48.6 Å². The number of phosphoric ester groups is 1. The van der Waals surface area contributed by atoms with Crippen LogP contribution in [-0.4, -0.2) is 89.0 Å². The summed E-state index contributed by atoms with van der Waals surface area (Å²) in [6.45, 7) is 9.40. The van der Waals surface area contributed by atoms with E-state index in [1.54, 1.807) is 27.7 Å². The van der Waals surface area contributed by atoms with E-state index >= 15 is 0 Å². The van der Waals surface area contributed by atoms with Gasteiger partial charge in [0, 0.05) is 25.4 Å². The number of hydrogen-bond acceptors (Lipinski definition) is 12. The number of hydrogen-bond donors (Lipinski definition) is 5. The zero-order chi connectivity index (χ0) is 40.2. The summed E-state index contributed by atoms with van der Waals surface area (Å²) in [6.07, 6.45) is 0.971. The molecule has 0 aromatic heterocycles. The van der Waals surface area contributed by atoms with Gasteiger partial charge in [0.25, 0.3) is 0 Å². The molecule has 0 bridgehead atoms. The topological polar surface area (TPSA) is 213 Å². The molecule has 0 radical (unpaired) electrons. The Hall–Kier alpha value is -2.58. The van der Waals surface area contributed by atoms with E-state index in [9.17, 15) is 34.3 Å². The Bertz CT molecular complexity index is 1540. The highest BCUT2D eigenvalue weighted by Crippen LogP contribution is 2.62. The number of ether oxygens (including phenoxy) is 2. The van der Waals surface area contributed by atoms with Gasteiger partial charge in [-0.3, -0.25) is 23.4 Å². The number of benzene rings is 1. The lowest BCUT2D eigenvalue weighted by Crippen LogP contribution is -2.57. The van der Waals surface area contributed by atoms with Crippen LogP contribution in [0.3, 0.4) is 0 Å². The number of nitrogens with two attached hydrogens (primary N) is 1. The number of aryl methyl sites for hydroxylation is 1. The molecule has 11 unspecified atom stereocenters. The van der Waals surface area contributed by atoms with E-state index in [0.29, 0.717) is 36.3 Å². The van der Waals surface area contributed by atoms with Crippen LogP contribution in [0.1, 0.15) is 122 Å². The molecule has 0 heterocycles. The standard InChI is InChI=1S/C40H63N2O12P/c1-22(2)52-55(49,53-23(3)4)54-25-8-10-26-24(21-25)7-9-28-27(26)19-20-40(5)29(28)11-16-34(40)51-36(46)18-14-32(44)31(43)13-17-35(45)42-30-12-15-33(50-6)37(38(30)47)39(41)48/h8,10,21-23,27-34,37-38,43-44,47H,7,9,11-20H2,1-6H3,(H2,41,48)(H,42,45). The number of esters is 1. The van der Waals surface area contributed by atoms with Gasteiger partial charge >= 0.3 is 13.8 Å². The summed E-state index contributed by atoms with van der Waals surface area (Å²) < 4.78 is 41.8. The maximum atomic E-state index is 13.4. The van der Waals surface area contributed by atoms with E-state index in [1.807, 2.05) is 12.1 Å². The minimum Gasteiger partial charge on any atom is -0.462 e. The molecule has 4 aliphatic carbocycles. The molecule has 11 atom stereocenters. The van der Waals surface area contributed by atoms with E-state index in [1.165, 1.54) is 18.2 Å². The van der Waals surface area contributed by atoms with Gasteiger partial charge in [-0.1, -0.05) is 13.0 Å². The van der Waals surface area contributed by atoms with Crippen molar-refractivity contribution < 1.29 is 57.3 Å². The number of carbonyl (C=O) groups is 3. The Kier molecular flexibility index (Phi) is 14.5. The maximum Gasteiger partial charge on any atom is 0.530 e. The minimum absolute atomic E-state index is 0.00957. The van der Waals surface area contributed by atoms with Crippen molar-refractivity contribution in [3.63, 3.8) is 0 Å². The van der Waals surface area contributed by atoms with Gasteiger partial charge in [0.1, 0.15) is 11.9 Å². The quantitative estimate of drug-likeness (QED) is 0.106. The molecule has 55 heavy (non-hydrogen) atoms. The third-order valence-electron chi connectivity index (χ3n) is 12.5. The lowest BCUT2D eigenvalue weighted by Gasteiger charge is -2.50. The zero-order valence-electron chi connectivity index (χ0n) is 33.2. The summed E-state index contributed by atoms with van der Waals surface area (Å²) in [7, 11) is -2.36. The summed E-state index contributed by atoms with van der Waals surface area (Å²) in [5.41, 5.74) is 7.77. The van der Waals surface area contributed by atoms with Crippen LogP contribution in [-0.2, 0) is 43.9 Å². The Morgan fingerprint density at radius 3 is 2.27 bits per heavy atom. The second-order valence-electron chi connectivity index (χ2n) is 16.9. The fourth-order valence-corrected chi connectivity index (χ4v) is 11.4. The Labute approximate surface area is 325 Å². The van der Waals surface area contributed by atoms with Gasteiger partial charge in [-0.15, -0.1) is 0 Å². The summed E-state index contributed by atoms with van der Waals surface area (Å²) in [4.78, 5) is 37.6. The number of methoxy groups -OCH3 is 1. The third kappa shape index (κ3) is 10.3. The largest absolute Gasteiger partial charge is 0.530 e. The van der Waals surface area contributed by atoms with Crippen molar-refractivity contribution in [3.8, 4) is 5.75 Å². The molecule has 0 saturated heterocycles. The van der Waals surface area contributed by atoms with Crippen molar-refractivity contribution >= 4 is 25.6 Å². The molecule has 0 spiro atoms. The van der Waals surface area contributed by atoms with Crippen LogP contribution >= 0.6 is 7.82 Å².